The number of carbonyl (C=O) groups excluding carboxylic acids is 1. The Bertz CT molecular complexity index is 1130. The molecule has 0 bridgehead atoms. The molecule has 1 heterocycles. The van der Waals surface area contributed by atoms with Crippen molar-refractivity contribution in [3.63, 3.8) is 0 Å². The summed E-state index contributed by atoms with van der Waals surface area (Å²) in [4.78, 5) is 54.6. The quantitative estimate of drug-likeness (QED) is 0.0815. The minimum absolute atomic E-state index is 0.000563. The Morgan fingerprint density at radius 1 is 0.822 bits per heavy atom. The molecule has 17 heteroatoms. The third kappa shape index (κ3) is 15.4. The van der Waals surface area contributed by atoms with E-state index in [0.717, 1.165) is 11.3 Å². The first kappa shape index (κ1) is 37.7. The Kier molecular flexibility index (Phi) is 16.6. The highest BCUT2D eigenvalue weighted by molar-refractivity contribution is 7.80. The van der Waals surface area contributed by atoms with Crippen LogP contribution in [0.1, 0.15) is 18.4 Å². The third-order valence-electron chi connectivity index (χ3n) is 7.31. The topological polar surface area (TPSA) is 218 Å². The van der Waals surface area contributed by atoms with Crippen molar-refractivity contribution in [3.05, 3.63) is 29.8 Å². The summed E-state index contributed by atoms with van der Waals surface area (Å²) < 4.78 is 0. The highest BCUT2D eigenvalue weighted by Crippen LogP contribution is 2.12. The number of carbonyl (C=O) groups is 4. The van der Waals surface area contributed by atoms with Crippen LogP contribution in [0.25, 0.3) is 0 Å². The third-order valence-corrected chi connectivity index (χ3v) is 7.62. The Morgan fingerprint density at radius 3 is 1.82 bits per heavy atom. The number of nitrogens with zero attached hydrogens (tertiary/aromatic N) is 4. The summed E-state index contributed by atoms with van der Waals surface area (Å²) in [6.45, 7) is 1.35. The van der Waals surface area contributed by atoms with Gasteiger partial charge in [-0.1, -0.05) is 12.1 Å². The van der Waals surface area contributed by atoms with Gasteiger partial charge in [0, 0.05) is 84.6 Å². The van der Waals surface area contributed by atoms with Gasteiger partial charge < -0.3 is 41.5 Å². The molecule has 0 radical (unpaired) electrons. The maximum absolute atomic E-state index is 12.7. The van der Waals surface area contributed by atoms with Gasteiger partial charge in [-0.05, 0) is 36.3 Å². The zero-order valence-electron chi connectivity index (χ0n) is 25.4. The lowest BCUT2D eigenvalue weighted by Crippen LogP contribution is -2.52. The van der Waals surface area contributed by atoms with Crippen LogP contribution in [0.3, 0.4) is 0 Å². The Balaban J connectivity index is 2.09. The molecule has 16 nitrogen and oxygen atoms in total. The van der Waals surface area contributed by atoms with E-state index in [1.165, 1.54) is 0 Å². The second-order valence-corrected chi connectivity index (χ2v) is 11.1. The molecule has 45 heavy (non-hydrogen) atoms. The molecular formula is C28H45N7O9S. The molecule has 1 saturated heterocycles. The molecule has 1 aromatic carbocycles. The number of carboxylic acids is 3. The number of aliphatic carboxylic acids is 3. The lowest BCUT2D eigenvalue weighted by molar-refractivity contribution is -0.145. The predicted octanol–water partition coefficient (Wildman–Crippen LogP) is -1.85. The lowest BCUT2D eigenvalue weighted by atomic mass is 10.1. The molecule has 0 spiro atoms. The maximum atomic E-state index is 12.7. The number of β-amino-alcohol motifs (C(OH)–C–C–N with tert-alkyl or cyclic N) is 2. The number of aliphatic hydroxyl groups excluding tert-OH is 1. The average Bonchev–Trinajstić information content (AvgIpc) is 2.96. The summed E-state index contributed by atoms with van der Waals surface area (Å²) in [5, 5.41) is 57.2. The van der Waals surface area contributed by atoms with Crippen molar-refractivity contribution in [2.24, 2.45) is 0 Å². The van der Waals surface area contributed by atoms with Crippen molar-refractivity contribution < 1.29 is 44.7 Å². The first-order chi connectivity index (χ1) is 21.4. The van der Waals surface area contributed by atoms with Crippen LogP contribution in [0.4, 0.5) is 5.69 Å². The van der Waals surface area contributed by atoms with E-state index in [1.54, 1.807) is 26.6 Å². The first-order valence-electron chi connectivity index (χ1n) is 14.6. The van der Waals surface area contributed by atoms with Crippen LogP contribution in [0.5, 0.6) is 0 Å². The Labute approximate surface area is 267 Å². The van der Waals surface area contributed by atoms with E-state index in [2.05, 4.69) is 16.0 Å². The maximum Gasteiger partial charge on any atom is 0.320 e. The number of aliphatic hydroxyl groups is 2. The smallest absolute Gasteiger partial charge is 0.320 e. The van der Waals surface area contributed by atoms with Crippen LogP contribution in [0.2, 0.25) is 0 Å². The summed E-state index contributed by atoms with van der Waals surface area (Å²) >= 11 is 5.08. The number of rotatable bonds is 14. The van der Waals surface area contributed by atoms with Crippen LogP contribution in [0.15, 0.2) is 24.3 Å². The number of nitrogens with one attached hydrogen (secondary N) is 3. The van der Waals surface area contributed by atoms with Crippen molar-refractivity contribution in [2.75, 3.05) is 84.4 Å². The van der Waals surface area contributed by atoms with Crippen LogP contribution in [0, 0.1) is 0 Å². The summed E-state index contributed by atoms with van der Waals surface area (Å²) in [6, 6.07) is 6.24. The number of hydrogen-bond acceptors (Lipinski definition) is 11. The normalized spacial score (nSPS) is 17.1. The molecule has 1 aliphatic heterocycles. The van der Waals surface area contributed by atoms with Crippen molar-refractivity contribution in [1.82, 2.24) is 30.2 Å². The molecule has 0 aromatic heterocycles. The number of carboxylic acid groups (broad SMARTS) is 3. The fraction of sp³-hybridized carbons (Fsp3) is 0.607. The summed E-state index contributed by atoms with van der Waals surface area (Å²) in [5.41, 5.74) is 1.63. The minimum Gasteiger partial charge on any atom is -0.480 e. The molecule has 0 aliphatic carbocycles. The number of benzene rings is 1. The standard InChI is InChI=1S/C28H45N7O9S/c1-29-28(45)31-21-4-2-20(3-5-21)16-30-23(36)7-6-22(27(43)44)35-14-12-33(18-25(39)40)10-8-32(17-24(37)38)9-11-34(13-15-35)19-26(41)42/h2-5,22,25,39-40H,6-19H2,1H3,(H,30,36)(H,37,38)(H,41,42)(H,43,44)(H2,29,31,45). The second kappa shape index (κ2) is 19.8. The monoisotopic (exact) mass is 655 g/mol. The Hall–Kier alpha value is -3.45. The van der Waals surface area contributed by atoms with Gasteiger partial charge in [0.25, 0.3) is 0 Å². The van der Waals surface area contributed by atoms with Crippen LogP contribution in [-0.4, -0.2) is 165 Å². The molecule has 1 unspecified atom stereocenters. The number of anilines is 1. The van der Waals surface area contributed by atoms with Gasteiger partial charge in [0.15, 0.2) is 11.4 Å². The van der Waals surface area contributed by atoms with E-state index in [4.69, 9.17) is 12.2 Å². The lowest BCUT2D eigenvalue weighted by Gasteiger charge is -2.35. The number of amides is 1. The van der Waals surface area contributed by atoms with Gasteiger partial charge in [0.2, 0.25) is 5.91 Å². The van der Waals surface area contributed by atoms with E-state index in [1.807, 2.05) is 24.3 Å². The highest BCUT2D eigenvalue weighted by atomic mass is 32.1. The summed E-state index contributed by atoms with van der Waals surface area (Å²) in [6.07, 6.45) is -1.71. The molecule has 1 amide bonds. The van der Waals surface area contributed by atoms with Gasteiger partial charge in [0.05, 0.1) is 13.1 Å². The van der Waals surface area contributed by atoms with Crippen LogP contribution < -0.4 is 16.0 Å². The van der Waals surface area contributed by atoms with Gasteiger partial charge >= 0.3 is 17.9 Å². The minimum atomic E-state index is -1.65. The van der Waals surface area contributed by atoms with Crippen molar-refractivity contribution in [3.8, 4) is 0 Å². The molecule has 1 aliphatic rings. The Morgan fingerprint density at radius 2 is 1.33 bits per heavy atom. The van der Waals surface area contributed by atoms with E-state index in [-0.39, 0.29) is 97.3 Å². The van der Waals surface area contributed by atoms with Crippen LogP contribution >= 0.6 is 12.2 Å². The van der Waals surface area contributed by atoms with Gasteiger partial charge in [0.1, 0.15) is 6.04 Å². The summed E-state index contributed by atoms with van der Waals surface area (Å²) in [7, 11) is 1.71. The predicted molar refractivity (Wildman–Crippen MR) is 169 cm³/mol. The molecular weight excluding hydrogens is 610 g/mol. The summed E-state index contributed by atoms with van der Waals surface area (Å²) in [5.74, 6) is -3.57. The first-order valence-corrected chi connectivity index (χ1v) is 15.0. The largest absolute Gasteiger partial charge is 0.480 e. The van der Waals surface area contributed by atoms with E-state index in [0.29, 0.717) is 5.11 Å². The molecule has 252 valence electrons. The molecule has 1 fully saturated rings. The molecule has 0 saturated carbocycles. The highest BCUT2D eigenvalue weighted by Gasteiger charge is 2.28. The molecule has 8 N–H and O–H groups in total. The zero-order valence-corrected chi connectivity index (χ0v) is 26.2. The van der Waals surface area contributed by atoms with E-state index in [9.17, 15) is 44.7 Å². The van der Waals surface area contributed by atoms with Gasteiger partial charge in [-0.25, -0.2) is 0 Å². The van der Waals surface area contributed by atoms with Crippen molar-refractivity contribution in [2.45, 2.75) is 31.7 Å². The fourth-order valence-corrected chi connectivity index (χ4v) is 5.01. The number of hydrogen-bond donors (Lipinski definition) is 8. The molecule has 2 rings (SSSR count). The SMILES string of the molecule is CNC(=S)Nc1ccc(CNC(=O)CCC(C(=O)O)N2CCN(CC(=O)O)CCN(CC(=O)O)CCN(CC(O)O)CC2)cc1. The molecule has 1 aromatic rings. The van der Waals surface area contributed by atoms with E-state index >= 15 is 0 Å². The second-order valence-electron chi connectivity index (χ2n) is 10.7. The molecule has 1 atom stereocenters. The zero-order chi connectivity index (χ0) is 33.4. The average molecular weight is 656 g/mol. The van der Waals surface area contributed by atoms with Crippen LogP contribution in [-0.2, 0) is 25.7 Å². The van der Waals surface area contributed by atoms with Crippen molar-refractivity contribution >= 4 is 46.8 Å². The van der Waals surface area contributed by atoms with Crippen molar-refractivity contribution in [1.29, 1.82) is 0 Å². The van der Waals surface area contributed by atoms with Gasteiger partial charge in [-0.2, -0.15) is 0 Å². The van der Waals surface area contributed by atoms with E-state index < -0.39 is 30.2 Å². The fourth-order valence-electron chi connectivity index (χ4n) is 4.90. The number of thiocarbonyl (C=S) groups is 1. The van der Waals surface area contributed by atoms with Gasteiger partial charge in [-0.3, -0.25) is 38.8 Å². The van der Waals surface area contributed by atoms with Gasteiger partial charge in [-0.15, -0.1) is 0 Å².